The van der Waals surface area contributed by atoms with Crippen molar-refractivity contribution in [3.8, 4) is 0 Å². The van der Waals surface area contributed by atoms with Gasteiger partial charge in [0, 0.05) is 3.57 Å². The molecule has 1 rings (SSSR count). The SMILES string of the molecule is CCC(C)[C@@H](O)[C@@H](N)c1ccccc1I.Cl. The minimum Gasteiger partial charge on any atom is -0.391 e. The molecule has 1 aromatic carbocycles. The highest BCUT2D eigenvalue weighted by Gasteiger charge is 2.22. The summed E-state index contributed by atoms with van der Waals surface area (Å²) in [5.74, 6) is 0.232. The standard InChI is InChI=1S/C12H18INO.ClH/c1-3-8(2)12(15)11(14)9-6-4-5-7-10(9)13;/h4-8,11-12,15H,3,14H2,1-2H3;1H/t8?,11-,12+;/m0./s1. The molecule has 0 fully saturated rings. The second kappa shape index (κ2) is 7.48. The van der Waals surface area contributed by atoms with Crippen LogP contribution in [0, 0.1) is 9.49 Å². The van der Waals surface area contributed by atoms with E-state index in [1.807, 2.05) is 31.2 Å². The second-order valence-corrected chi connectivity index (χ2v) is 5.09. The van der Waals surface area contributed by atoms with Gasteiger partial charge in [-0.05, 0) is 40.1 Å². The molecule has 0 heterocycles. The first-order valence-electron chi connectivity index (χ1n) is 5.26. The molecule has 1 aromatic rings. The van der Waals surface area contributed by atoms with Gasteiger partial charge in [-0.15, -0.1) is 12.4 Å². The molecule has 3 atom stereocenters. The zero-order chi connectivity index (χ0) is 11.4. The highest BCUT2D eigenvalue weighted by molar-refractivity contribution is 14.1. The molecule has 1 unspecified atom stereocenters. The third-order valence-electron chi connectivity index (χ3n) is 2.86. The van der Waals surface area contributed by atoms with E-state index in [2.05, 4.69) is 29.5 Å². The minimum atomic E-state index is -0.467. The molecule has 0 aliphatic heterocycles. The first-order chi connectivity index (χ1) is 7.07. The average Bonchev–Trinajstić information content (AvgIpc) is 2.26. The summed E-state index contributed by atoms with van der Waals surface area (Å²) >= 11 is 2.25. The van der Waals surface area contributed by atoms with Crippen LogP contribution in [0.4, 0.5) is 0 Å². The molecule has 2 nitrogen and oxygen atoms in total. The Morgan fingerprint density at radius 3 is 2.44 bits per heavy atom. The monoisotopic (exact) mass is 355 g/mol. The third kappa shape index (κ3) is 3.87. The van der Waals surface area contributed by atoms with Crippen molar-refractivity contribution < 1.29 is 5.11 Å². The molecule has 0 aliphatic carbocycles. The van der Waals surface area contributed by atoms with Gasteiger partial charge in [-0.3, -0.25) is 0 Å². The van der Waals surface area contributed by atoms with Crippen LogP contribution >= 0.6 is 35.0 Å². The van der Waals surface area contributed by atoms with Crippen molar-refractivity contribution in [1.29, 1.82) is 0 Å². The summed E-state index contributed by atoms with van der Waals surface area (Å²) in [7, 11) is 0. The maximum Gasteiger partial charge on any atom is 0.0758 e. The van der Waals surface area contributed by atoms with E-state index in [1.165, 1.54) is 0 Å². The van der Waals surface area contributed by atoms with Gasteiger partial charge in [0.25, 0.3) is 0 Å². The summed E-state index contributed by atoms with van der Waals surface area (Å²) < 4.78 is 1.12. The van der Waals surface area contributed by atoms with Gasteiger partial charge in [0.15, 0.2) is 0 Å². The van der Waals surface area contributed by atoms with Gasteiger partial charge >= 0.3 is 0 Å². The Morgan fingerprint density at radius 1 is 1.38 bits per heavy atom. The van der Waals surface area contributed by atoms with Gasteiger partial charge in [0.1, 0.15) is 0 Å². The van der Waals surface area contributed by atoms with Gasteiger partial charge in [-0.1, -0.05) is 38.5 Å². The van der Waals surface area contributed by atoms with Crippen molar-refractivity contribution in [3.63, 3.8) is 0 Å². The average molecular weight is 356 g/mol. The van der Waals surface area contributed by atoms with Crippen LogP contribution in [0.15, 0.2) is 24.3 Å². The molecular weight excluding hydrogens is 336 g/mol. The van der Waals surface area contributed by atoms with E-state index >= 15 is 0 Å². The zero-order valence-electron chi connectivity index (χ0n) is 9.56. The molecule has 4 heteroatoms. The second-order valence-electron chi connectivity index (χ2n) is 3.92. The third-order valence-corrected chi connectivity index (χ3v) is 3.84. The number of hydrogen-bond donors (Lipinski definition) is 2. The number of hydrogen-bond acceptors (Lipinski definition) is 2. The van der Waals surface area contributed by atoms with Gasteiger partial charge in [0.05, 0.1) is 12.1 Å². The first kappa shape index (κ1) is 16.2. The molecule has 0 aromatic heterocycles. The predicted molar refractivity (Wildman–Crippen MR) is 78.8 cm³/mol. The fraction of sp³-hybridized carbons (Fsp3) is 0.500. The predicted octanol–water partition coefficient (Wildman–Crippen LogP) is 3.12. The van der Waals surface area contributed by atoms with Gasteiger partial charge in [0.2, 0.25) is 0 Å². The van der Waals surface area contributed by atoms with Crippen molar-refractivity contribution in [2.45, 2.75) is 32.4 Å². The van der Waals surface area contributed by atoms with Crippen LogP contribution in [-0.2, 0) is 0 Å². The Morgan fingerprint density at radius 2 is 1.94 bits per heavy atom. The fourth-order valence-electron chi connectivity index (χ4n) is 1.52. The van der Waals surface area contributed by atoms with Crippen LogP contribution in [0.2, 0.25) is 0 Å². The number of halogens is 2. The highest BCUT2D eigenvalue weighted by atomic mass is 127. The topological polar surface area (TPSA) is 46.2 Å². The van der Waals surface area contributed by atoms with Crippen LogP contribution in [0.5, 0.6) is 0 Å². The van der Waals surface area contributed by atoms with E-state index in [4.69, 9.17) is 5.73 Å². The van der Waals surface area contributed by atoms with Crippen molar-refractivity contribution in [1.82, 2.24) is 0 Å². The quantitative estimate of drug-likeness (QED) is 0.815. The summed E-state index contributed by atoms with van der Waals surface area (Å²) in [4.78, 5) is 0. The van der Waals surface area contributed by atoms with Gasteiger partial charge in [-0.2, -0.15) is 0 Å². The number of aliphatic hydroxyl groups excluding tert-OH is 1. The summed E-state index contributed by atoms with van der Waals surface area (Å²) in [6, 6.07) is 7.65. The van der Waals surface area contributed by atoms with E-state index < -0.39 is 6.10 Å². The maximum absolute atomic E-state index is 10.0. The summed E-state index contributed by atoms with van der Waals surface area (Å²) in [5, 5.41) is 10.0. The lowest BCUT2D eigenvalue weighted by atomic mass is 9.92. The number of nitrogens with two attached hydrogens (primary N) is 1. The van der Waals surface area contributed by atoms with Crippen molar-refractivity contribution in [3.05, 3.63) is 33.4 Å². The Balaban J connectivity index is 0.00000225. The van der Waals surface area contributed by atoms with Crippen LogP contribution in [0.25, 0.3) is 0 Å². The van der Waals surface area contributed by atoms with Gasteiger partial charge in [-0.25, -0.2) is 0 Å². The van der Waals surface area contributed by atoms with Crippen molar-refractivity contribution in [2.75, 3.05) is 0 Å². The summed E-state index contributed by atoms with van der Waals surface area (Å²) in [6.45, 7) is 4.09. The minimum absolute atomic E-state index is 0. The largest absolute Gasteiger partial charge is 0.391 e. The highest BCUT2D eigenvalue weighted by Crippen LogP contribution is 2.25. The van der Waals surface area contributed by atoms with Crippen LogP contribution < -0.4 is 5.73 Å². The van der Waals surface area contributed by atoms with E-state index in [-0.39, 0.29) is 24.4 Å². The van der Waals surface area contributed by atoms with Crippen LogP contribution in [0.3, 0.4) is 0 Å². The molecule has 0 saturated carbocycles. The van der Waals surface area contributed by atoms with E-state index in [9.17, 15) is 5.11 Å². The Kier molecular flexibility index (Phi) is 7.55. The molecule has 92 valence electrons. The lowest BCUT2D eigenvalue weighted by Crippen LogP contribution is -2.32. The molecule has 16 heavy (non-hydrogen) atoms. The number of benzene rings is 1. The van der Waals surface area contributed by atoms with E-state index in [0.717, 1.165) is 15.6 Å². The fourth-order valence-corrected chi connectivity index (χ4v) is 2.27. The van der Waals surface area contributed by atoms with Crippen LogP contribution in [-0.4, -0.2) is 11.2 Å². The smallest absolute Gasteiger partial charge is 0.0758 e. The molecule has 0 amide bonds. The van der Waals surface area contributed by atoms with Gasteiger partial charge < -0.3 is 10.8 Å². The van der Waals surface area contributed by atoms with Crippen molar-refractivity contribution >= 4 is 35.0 Å². The number of rotatable bonds is 4. The maximum atomic E-state index is 10.0. The van der Waals surface area contributed by atoms with Crippen molar-refractivity contribution in [2.24, 2.45) is 11.7 Å². The molecule has 3 N–H and O–H groups in total. The molecule has 0 aliphatic rings. The molecule has 0 spiro atoms. The first-order valence-corrected chi connectivity index (χ1v) is 6.33. The lowest BCUT2D eigenvalue weighted by Gasteiger charge is -2.24. The zero-order valence-corrected chi connectivity index (χ0v) is 12.5. The molecular formula is C12H19ClINO. The molecule has 0 bridgehead atoms. The van der Waals surface area contributed by atoms with E-state index in [1.54, 1.807) is 0 Å². The summed E-state index contributed by atoms with van der Waals surface area (Å²) in [6.07, 6.45) is 0.476. The molecule has 0 saturated heterocycles. The summed E-state index contributed by atoms with van der Waals surface area (Å²) in [5.41, 5.74) is 7.09. The number of aliphatic hydroxyl groups is 1. The van der Waals surface area contributed by atoms with Crippen LogP contribution in [0.1, 0.15) is 31.9 Å². The lowest BCUT2D eigenvalue weighted by molar-refractivity contribution is 0.0877. The molecule has 0 radical (unpaired) electrons. The van der Waals surface area contributed by atoms with E-state index in [0.29, 0.717) is 0 Å². The Bertz CT molecular complexity index is 322. The normalized spacial score (nSPS) is 16.1. The Labute approximate surface area is 117 Å². The Hall–Kier alpha value is 0.160.